The summed E-state index contributed by atoms with van der Waals surface area (Å²) in [6.45, 7) is 2.72. The van der Waals surface area contributed by atoms with Crippen LogP contribution in [-0.2, 0) is 13.0 Å². The Labute approximate surface area is 120 Å². The molecule has 1 aromatic carbocycles. The second-order valence-corrected chi connectivity index (χ2v) is 5.13. The van der Waals surface area contributed by atoms with Crippen LogP contribution in [0.2, 0.25) is 0 Å². The second kappa shape index (κ2) is 5.79. The molecule has 0 radical (unpaired) electrons. The second-order valence-electron chi connectivity index (χ2n) is 4.19. The van der Waals surface area contributed by atoms with Crippen LogP contribution in [0.3, 0.4) is 0 Å². The van der Waals surface area contributed by atoms with Gasteiger partial charge in [-0.25, -0.2) is 4.98 Å². The van der Waals surface area contributed by atoms with Crippen LogP contribution in [0, 0.1) is 0 Å². The van der Waals surface area contributed by atoms with E-state index in [1.54, 1.807) is 16.0 Å². The third-order valence-electron chi connectivity index (χ3n) is 2.83. The summed E-state index contributed by atoms with van der Waals surface area (Å²) in [5.74, 6) is 0.615. The molecule has 0 aliphatic carbocycles. The smallest absolute Gasteiger partial charge is 0.248 e. The third kappa shape index (κ3) is 2.67. The van der Waals surface area contributed by atoms with Crippen LogP contribution in [0.1, 0.15) is 17.6 Å². The molecule has 3 aromatic rings. The fourth-order valence-electron chi connectivity index (χ4n) is 1.79. The van der Waals surface area contributed by atoms with Crippen molar-refractivity contribution in [2.75, 3.05) is 5.32 Å². The molecule has 7 heteroatoms. The fraction of sp³-hybridized carbons (Fsp3) is 0.231. The molecule has 2 aromatic heterocycles. The highest BCUT2D eigenvalue weighted by atomic mass is 32.1. The summed E-state index contributed by atoms with van der Waals surface area (Å²) in [4.78, 5) is 4.51. The van der Waals surface area contributed by atoms with Crippen molar-refractivity contribution in [2.45, 2.75) is 19.9 Å². The Bertz CT molecular complexity index is 675. The molecule has 6 nitrogen and oxygen atoms in total. The van der Waals surface area contributed by atoms with Gasteiger partial charge in [0.1, 0.15) is 5.01 Å². The predicted molar refractivity (Wildman–Crippen MR) is 78.0 cm³/mol. The van der Waals surface area contributed by atoms with E-state index in [0.717, 1.165) is 22.8 Å². The van der Waals surface area contributed by atoms with Crippen LogP contribution in [-0.4, -0.2) is 25.2 Å². The van der Waals surface area contributed by atoms with Crippen molar-refractivity contribution in [3.05, 3.63) is 46.4 Å². The highest BCUT2D eigenvalue weighted by Crippen LogP contribution is 2.14. The van der Waals surface area contributed by atoms with Crippen LogP contribution < -0.4 is 5.32 Å². The summed E-state index contributed by atoms with van der Waals surface area (Å²) in [5.41, 5.74) is 2.04. The van der Waals surface area contributed by atoms with Crippen molar-refractivity contribution in [3.63, 3.8) is 0 Å². The van der Waals surface area contributed by atoms with Gasteiger partial charge in [0, 0.05) is 5.38 Å². The summed E-state index contributed by atoms with van der Waals surface area (Å²) in [6.07, 6.45) is 0.957. The number of hydrogen-bond donors (Lipinski definition) is 1. The number of rotatable bonds is 5. The molecule has 1 N–H and O–H groups in total. The number of nitrogens with zero attached hydrogens (tertiary/aromatic N) is 5. The molecule has 0 saturated heterocycles. The molecular formula is C13H14N6S. The van der Waals surface area contributed by atoms with Gasteiger partial charge in [-0.2, -0.15) is 4.68 Å². The average molecular weight is 286 g/mol. The van der Waals surface area contributed by atoms with Crippen molar-refractivity contribution >= 4 is 17.3 Å². The molecule has 0 atom stereocenters. The highest BCUT2D eigenvalue weighted by molar-refractivity contribution is 7.09. The van der Waals surface area contributed by atoms with Gasteiger partial charge in [-0.3, -0.25) is 0 Å². The van der Waals surface area contributed by atoms with E-state index < -0.39 is 0 Å². The minimum atomic E-state index is 0.615. The molecule has 3 rings (SSSR count). The zero-order valence-corrected chi connectivity index (χ0v) is 11.8. The molecule has 102 valence electrons. The number of tetrazole rings is 1. The van der Waals surface area contributed by atoms with E-state index in [0.29, 0.717) is 12.5 Å². The minimum Gasteiger partial charge on any atom is -0.346 e. The summed E-state index contributed by atoms with van der Waals surface area (Å²) in [6, 6.07) is 9.79. The van der Waals surface area contributed by atoms with Gasteiger partial charge < -0.3 is 5.32 Å². The van der Waals surface area contributed by atoms with E-state index in [1.807, 2.05) is 30.3 Å². The van der Waals surface area contributed by atoms with Gasteiger partial charge in [-0.15, -0.1) is 11.3 Å². The van der Waals surface area contributed by atoms with Crippen molar-refractivity contribution in [1.29, 1.82) is 0 Å². The molecular weight excluding hydrogens is 272 g/mol. The number of hydrogen-bond acceptors (Lipinski definition) is 6. The first-order valence-corrected chi connectivity index (χ1v) is 7.25. The highest BCUT2D eigenvalue weighted by Gasteiger charge is 2.08. The van der Waals surface area contributed by atoms with Crippen LogP contribution in [0.25, 0.3) is 5.69 Å². The van der Waals surface area contributed by atoms with Gasteiger partial charge in [0.15, 0.2) is 0 Å². The molecule has 20 heavy (non-hydrogen) atoms. The third-order valence-corrected chi connectivity index (χ3v) is 3.73. The lowest BCUT2D eigenvalue weighted by Crippen LogP contribution is -2.07. The molecule has 2 heterocycles. The van der Waals surface area contributed by atoms with Crippen molar-refractivity contribution in [2.24, 2.45) is 0 Å². The fourth-order valence-corrected chi connectivity index (χ4v) is 2.60. The van der Waals surface area contributed by atoms with Gasteiger partial charge in [0.2, 0.25) is 5.95 Å². The van der Waals surface area contributed by atoms with E-state index in [2.05, 4.69) is 38.1 Å². The number of thiazole rings is 1. The van der Waals surface area contributed by atoms with Crippen LogP contribution in [0.4, 0.5) is 5.95 Å². The zero-order valence-electron chi connectivity index (χ0n) is 11.0. The molecule has 0 saturated carbocycles. The molecule has 0 fully saturated rings. The van der Waals surface area contributed by atoms with Gasteiger partial charge >= 0.3 is 0 Å². The Kier molecular flexibility index (Phi) is 3.69. The predicted octanol–water partition coefficient (Wildman–Crippen LogP) is 2.29. The lowest BCUT2D eigenvalue weighted by Gasteiger charge is -2.05. The first kappa shape index (κ1) is 12.7. The van der Waals surface area contributed by atoms with Gasteiger partial charge in [0.05, 0.1) is 17.9 Å². The number of anilines is 1. The van der Waals surface area contributed by atoms with Crippen LogP contribution >= 0.6 is 11.3 Å². The van der Waals surface area contributed by atoms with E-state index in [-0.39, 0.29) is 0 Å². The largest absolute Gasteiger partial charge is 0.346 e. The van der Waals surface area contributed by atoms with Gasteiger partial charge in [-0.05, 0) is 29.0 Å². The number of benzene rings is 1. The van der Waals surface area contributed by atoms with Crippen molar-refractivity contribution < 1.29 is 0 Å². The zero-order chi connectivity index (χ0) is 13.8. The Hall–Kier alpha value is -2.28. The van der Waals surface area contributed by atoms with E-state index in [1.165, 1.54) is 0 Å². The molecule has 0 unspecified atom stereocenters. The maximum absolute atomic E-state index is 4.51. The van der Waals surface area contributed by atoms with E-state index >= 15 is 0 Å². The summed E-state index contributed by atoms with van der Waals surface area (Å²) in [5, 5.41) is 18.0. The first-order valence-electron chi connectivity index (χ1n) is 6.37. The minimum absolute atomic E-state index is 0.615. The first-order chi connectivity index (χ1) is 9.86. The Morgan fingerprint density at radius 2 is 2.10 bits per heavy atom. The maximum Gasteiger partial charge on any atom is 0.248 e. The molecule has 0 aliphatic heterocycles. The lowest BCUT2D eigenvalue weighted by molar-refractivity contribution is 0.789. The standard InChI is InChI=1S/C13H14N6S/c1-2-10-9-20-12(15-10)8-14-13-16-17-18-19(13)11-6-4-3-5-7-11/h3-7,9H,2,8H2,1H3,(H,14,16,18). The molecule has 0 spiro atoms. The SMILES string of the molecule is CCc1csc(CNc2nnnn2-c2ccccc2)n1. The maximum atomic E-state index is 4.51. The normalized spacial score (nSPS) is 10.7. The number of para-hydroxylation sites is 1. The summed E-state index contributed by atoms with van der Waals surface area (Å²) in [7, 11) is 0. The van der Waals surface area contributed by atoms with E-state index in [9.17, 15) is 0 Å². The quantitative estimate of drug-likeness (QED) is 0.779. The number of nitrogens with one attached hydrogen (secondary N) is 1. The van der Waals surface area contributed by atoms with Crippen LogP contribution in [0.15, 0.2) is 35.7 Å². The van der Waals surface area contributed by atoms with Gasteiger partial charge in [0.25, 0.3) is 0 Å². The number of aryl methyl sites for hydroxylation is 1. The molecule has 0 amide bonds. The summed E-state index contributed by atoms with van der Waals surface area (Å²) >= 11 is 1.65. The summed E-state index contributed by atoms with van der Waals surface area (Å²) < 4.78 is 1.67. The van der Waals surface area contributed by atoms with E-state index in [4.69, 9.17) is 0 Å². The molecule has 0 aliphatic rings. The Morgan fingerprint density at radius 1 is 1.25 bits per heavy atom. The Morgan fingerprint density at radius 3 is 2.85 bits per heavy atom. The monoisotopic (exact) mass is 286 g/mol. The number of aromatic nitrogens is 5. The molecule has 0 bridgehead atoms. The van der Waals surface area contributed by atoms with Crippen LogP contribution in [0.5, 0.6) is 0 Å². The van der Waals surface area contributed by atoms with Crippen molar-refractivity contribution in [1.82, 2.24) is 25.2 Å². The topological polar surface area (TPSA) is 68.5 Å². The van der Waals surface area contributed by atoms with Gasteiger partial charge in [-0.1, -0.05) is 30.2 Å². The Balaban J connectivity index is 1.74. The lowest BCUT2D eigenvalue weighted by atomic mass is 10.3. The average Bonchev–Trinajstić information content (AvgIpc) is 3.15. The van der Waals surface area contributed by atoms with Crippen molar-refractivity contribution in [3.8, 4) is 5.69 Å².